The van der Waals surface area contributed by atoms with Gasteiger partial charge in [-0.05, 0) is 30.0 Å². The average molecular weight is 689 g/mol. The van der Waals surface area contributed by atoms with Gasteiger partial charge >= 0.3 is 17.9 Å². The first-order valence-corrected chi connectivity index (χ1v) is 16.6. The number of furan rings is 1. The van der Waals surface area contributed by atoms with E-state index in [1.165, 1.54) is 19.5 Å². The first-order valence-electron chi connectivity index (χ1n) is 16.6. The highest BCUT2D eigenvalue weighted by Crippen LogP contribution is 2.72. The van der Waals surface area contributed by atoms with Crippen molar-refractivity contribution in [1.29, 1.82) is 0 Å². The van der Waals surface area contributed by atoms with Crippen molar-refractivity contribution in [2.75, 3.05) is 6.61 Å². The molecule has 0 radical (unpaired) electrons. The van der Waals surface area contributed by atoms with E-state index in [9.17, 15) is 39.3 Å². The molecule has 6 rings (SSSR count). The number of Topliss-reactive ketones (excluding diaryl/α,β-unsaturated/α-hetero) is 1. The number of aliphatic hydroxyl groups excluding tert-OH is 1. The molecule has 1 aromatic heterocycles. The summed E-state index contributed by atoms with van der Waals surface area (Å²) < 4.78 is 34.8. The van der Waals surface area contributed by atoms with Crippen LogP contribution in [-0.2, 0) is 47.7 Å². The third-order valence-electron chi connectivity index (χ3n) is 12.6. The van der Waals surface area contributed by atoms with Gasteiger partial charge in [0.2, 0.25) is 0 Å². The fraction of sp³-hybridized carbons (Fsp3) is 0.686. The minimum Gasteiger partial charge on any atom is -0.472 e. The molecule has 49 heavy (non-hydrogen) atoms. The lowest BCUT2D eigenvalue weighted by atomic mass is 9.44. The van der Waals surface area contributed by atoms with Crippen molar-refractivity contribution in [3.05, 3.63) is 36.3 Å². The molecule has 3 N–H and O–H groups in total. The van der Waals surface area contributed by atoms with E-state index in [0.717, 1.165) is 6.92 Å². The molecule has 0 amide bonds. The molecule has 0 aromatic carbocycles. The molecule has 14 nitrogen and oxygen atoms in total. The average Bonchev–Trinajstić information content (AvgIpc) is 3.67. The van der Waals surface area contributed by atoms with Crippen molar-refractivity contribution in [2.24, 2.45) is 34.5 Å². The molecule has 2 saturated heterocycles. The fourth-order valence-corrected chi connectivity index (χ4v) is 10.2. The number of rotatable bonds is 9. The van der Waals surface area contributed by atoms with E-state index in [2.05, 4.69) is 6.58 Å². The molecule has 5 fully saturated rings. The van der Waals surface area contributed by atoms with Gasteiger partial charge in [-0.2, -0.15) is 0 Å². The summed E-state index contributed by atoms with van der Waals surface area (Å²) in [4.78, 5) is 66.5. The standard InChI is InChI=1S/C35H44O14/c1-8-16(2)25(39)30(41)48-28-26(46-15-36)23(17(3)35(43)21(38)11-20(33(28,35)7)19-9-10-44-13-19)32(6)22(47-18(4)37)12-34(42)24-27(32)31(5,49-34)14-45-29(24)40/h9-10,13,15-16,20,22-28,39,42-43H,3,8,11-12,14H2,1-2,4-7H3/t16-,20+,22+,23-,24-,25-,26-,27+,28+,31-,32-,33-,34-,35-/m1/s1. The van der Waals surface area contributed by atoms with E-state index in [-0.39, 0.29) is 25.1 Å². The van der Waals surface area contributed by atoms with Crippen molar-refractivity contribution in [3.63, 3.8) is 0 Å². The van der Waals surface area contributed by atoms with Crippen LogP contribution in [0.4, 0.5) is 0 Å². The van der Waals surface area contributed by atoms with E-state index in [1.54, 1.807) is 33.8 Å². The van der Waals surface area contributed by atoms with Gasteiger partial charge in [-0.3, -0.25) is 19.2 Å². The maximum absolute atomic E-state index is 14.3. The van der Waals surface area contributed by atoms with Gasteiger partial charge < -0.3 is 43.4 Å². The number of carbonyl (C=O) groups is 5. The van der Waals surface area contributed by atoms with Gasteiger partial charge in [-0.1, -0.05) is 40.7 Å². The first-order chi connectivity index (χ1) is 22.9. The van der Waals surface area contributed by atoms with Crippen LogP contribution in [0.1, 0.15) is 72.3 Å². The molecule has 0 spiro atoms. The van der Waals surface area contributed by atoms with E-state index in [1.807, 2.05) is 0 Å². The van der Waals surface area contributed by atoms with E-state index < -0.39 is 112 Å². The normalized spacial score (nSPS) is 45.2. The van der Waals surface area contributed by atoms with Crippen LogP contribution in [0, 0.1) is 34.5 Å². The predicted molar refractivity (Wildman–Crippen MR) is 164 cm³/mol. The van der Waals surface area contributed by atoms with E-state index in [0.29, 0.717) is 12.0 Å². The minimum absolute atomic E-state index is 0.125. The lowest BCUT2D eigenvalue weighted by molar-refractivity contribution is -0.260. The number of ether oxygens (including phenoxy) is 5. The Balaban J connectivity index is 1.61. The van der Waals surface area contributed by atoms with Gasteiger partial charge in [0.25, 0.3) is 6.47 Å². The van der Waals surface area contributed by atoms with Gasteiger partial charge in [0.15, 0.2) is 23.3 Å². The number of carbonyl (C=O) groups excluding carboxylic acids is 5. The zero-order valence-electron chi connectivity index (χ0n) is 28.4. The Bertz CT molecular complexity index is 1570. The van der Waals surface area contributed by atoms with Gasteiger partial charge in [-0.25, -0.2) is 4.79 Å². The van der Waals surface area contributed by atoms with Crippen molar-refractivity contribution >= 4 is 30.2 Å². The Kier molecular flexibility index (Phi) is 8.25. The quantitative estimate of drug-likeness (QED) is 0.146. The molecule has 0 unspecified atom stereocenters. The second-order valence-corrected chi connectivity index (χ2v) is 15.1. The Hall–Kier alpha value is -3.59. The number of cyclic esters (lactones) is 1. The maximum Gasteiger partial charge on any atom is 0.335 e. The second-order valence-electron chi connectivity index (χ2n) is 15.1. The molecule has 14 atom stereocenters. The summed E-state index contributed by atoms with van der Waals surface area (Å²) in [6, 6.07) is 1.61. The fourth-order valence-electron chi connectivity index (χ4n) is 10.2. The van der Waals surface area contributed by atoms with E-state index >= 15 is 0 Å². The second kappa shape index (κ2) is 11.5. The minimum atomic E-state index is -2.46. The lowest BCUT2D eigenvalue weighted by Gasteiger charge is -2.63. The Labute approximate surface area is 283 Å². The van der Waals surface area contributed by atoms with Gasteiger partial charge in [0, 0.05) is 42.9 Å². The van der Waals surface area contributed by atoms with Crippen molar-refractivity contribution in [1.82, 2.24) is 0 Å². The van der Waals surface area contributed by atoms with Crippen LogP contribution >= 0.6 is 0 Å². The molecule has 3 heterocycles. The molecular weight excluding hydrogens is 644 g/mol. The molecule has 1 aromatic rings. The number of hydrogen-bond acceptors (Lipinski definition) is 14. The Morgan fingerprint density at radius 2 is 1.86 bits per heavy atom. The highest BCUT2D eigenvalue weighted by Gasteiger charge is 2.82. The molecule has 5 aliphatic rings. The number of aliphatic hydroxyl groups is 3. The van der Waals surface area contributed by atoms with Crippen LogP contribution in [0.2, 0.25) is 0 Å². The maximum atomic E-state index is 14.3. The number of esters is 3. The largest absolute Gasteiger partial charge is 0.472 e. The molecule has 2 aliphatic heterocycles. The zero-order valence-corrected chi connectivity index (χ0v) is 28.4. The molecule has 14 heteroatoms. The number of hydrogen-bond donors (Lipinski definition) is 3. The number of ketones is 1. The summed E-state index contributed by atoms with van der Waals surface area (Å²) >= 11 is 0. The topological polar surface area (TPSA) is 205 Å². The first kappa shape index (κ1) is 35.2. The van der Waals surface area contributed by atoms with Crippen molar-refractivity contribution < 1.29 is 67.4 Å². The van der Waals surface area contributed by atoms with Crippen LogP contribution in [0.3, 0.4) is 0 Å². The summed E-state index contributed by atoms with van der Waals surface area (Å²) in [5, 5.41) is 35.6. The monoisotopic (exact) mass is 688 g/mol. The van der Waals surface area contributed by atoms with Gasteiger partial charge in [-0.15, -0.1) is 0 Å². The lowest BCUT2D eigenvalue weighted by Crippen LogP contribution is -2.73. The van der Waals surface area contributed by atoms with Gasteiger partial charge in [0.05, 0.1) is 17.9 Å². The molecular formula is C35H44O14. The van der Waals surface area contributed by atoms with Crippen molar-refractivity contribution in [2.45, 2.75) is 108 Å². The number of fused-ring (bicyclic) bond motifs is 1. The summed E-state index contributed by atoms with van der Waals surface area (Å²) in [6.07, 6.45) is -3.50. The molecule has 3 aliphatic carbocycles. The van der Waals surface area contributed by atoms with Crippen LogP contribution in [0.15, 0.2) is 35.2 Å². The van der Waals surface area contributed by atoms with Crippen LogP contribution in [0.5, 0.6) is 0 Å². The van der Waals surface area contributed by atoms with E-state index in [4.69, 9.17) is 28.1 Å². The zero-order chi connectivity index (χ0) is 36.1. The van der Waals surface area contributed by atoms with Crippen LogP contribution in [0.25, 0.3) is 0 Å². The highest BCUT2D eigenvalue weighted by molar-refractivity contribution is 5.96. The van der Waals surface area contributed by atoms with Crippen LogP contribution in [-0.4, -0.2) is 93.5 Å². The third kappa shape index (κ3) is 4.56. The SMILES string of the molecule is C=C1[C@@H]([C@@]2(C)[C@@H](OC(C)=O)C[C@@]3(O)O[C@]4(C)COC(=O)[C@H]3[C@H]24)[C@@H](OC=O)[C@H](OC(=O)[C@H](O)[C@H](C)CC)[C@@]2(C)[C@H](c3ccoc3)CC(=O)[C@]12O. The molecule has 4 bridgehead atoms. The Morgan fingerprint density at radius 1 is 1.16 bits per heavy atom. The van der Waals surface area contributed by atoms with Crippen molar-refractivity contribution in [3.8, 4) is 0 Å². The summed E-state index contributed by atoms with van der Waals surface area (Å²) in [7, 11) is 0. The van der Waals surface area contributed by atoms with Gasteiger partial charge in [0.1, 0.15) is 36.4 Å². The van der Waals surface area contributed by atoms with Crippen LogP contribution < -0.4 is 0 Å². The summed E-state index contributed by atoms with van der Waals surface area (Å²) in [6.45, 7) is 13.5. The molecule has 3 saturated carbocycles. The summed E-state index contributed by atoms with van der Waals surface area (Å²) in [5.74, 6) is -10.5. The predicted octanol–water partition coefficient (Wildman–Crippen LogP) is 1.73. The summed E-state index contributed by atoms with van der Waals surface area (Å²) in [5.41, 5.74) is -6.82. The highest BCUT2D eigenvalue weighted by atomic mass is 16.7. The smallest absolute Gasteiger partial charge is 0.335 e. The third-order valence-corrected chi connectivity index (χ3v) is 12.6. The molecule has 268 valence electrons. The Morgan fingerprint density at radius 3 is 2.45 bits per heavy atom.